The molecule has 1 amide bonds. The summed E-state index contributed by atoms with van der Waals surface area (Å²) in [5.41, 5.74) is 0. The second-order valence-electron chi connectivity index (χ2n) is 4.13. The van der Waals surface area contributed by atoms with Crippen LogP contribution < -0.4 is 5.32 Å². The minimum Gasteiger partial charge on any atom is -0.455 e. The van der Waals surface area contributed by atoms with E-state index in [1.54, 1.807) is 13.0 Å². The zero-order valence-corrected chi connectivity index (χ0v) is 12.2. The van der Waals surface area contributed by atoms with Gasteiger partial charge >= 0.3 is 5.97 Å². The second kappa shape index (κ2) is 7.49. The van der Waals surface area contributed by atoms with Crippen molar-refractivity contribution in [1.29, 1.82) is 0 Å². The largest absolute Gasteiger partial charge is 0.455 e. The van der Waals surface area contributed by atoms with Gasteiger partial charge in [0.1, 0.15) is 5.76 Å². The summed E-state index contributed by atoms with van der Waals surface area (Å²) in [6.07, 6.45) is 0. The van der Waals surface area contributed by atoms with Gasteiger partial charge in [-0.25, -0.2) is 0 Å². The summed E-state index contributed by atoms with van der Waals surface area (Å²) in [5.74, 6) is 0.130. The monoisotopic (exact) mass is 306 g/mol. The van der Waals surface area contributed by atoms with Crippen LogP contribution in [-0.2, 0) is 14.3 Å². The Hall–Kier alpha value is -2.28. The van der Waals surface area contributed by atoms with E-state index in [-0.39, 0.29) is 12.4 Å². The van der Waals surface area contributed by atoms with E-state index in [1.165, 1.54) is 11.8 Å². The smallest absolute Gasteiger partial charge is 0.316 e. The third-order valence-corrected chi connectivity index (χ3v) is 3.35. The van der Waals surface area contributed by atoms with Gasteiger partial charge in [-0.2, -0.15) is 0 Å². The summed E-state index contributed by atoms with van der Waals surface area (Å²) >= 11 is 1.35. The number of rotatable bonds is 6. The first-order valence-corrected chi connectivity index (χ1v) is 7.18. The van der Waals surface area contributed by atoms with Crippen molar-refractivity contribution in [1.82, 2.24) is 5.16 Å². The molecule has 1 aromatic carbocycles. The topological polar surface area (TPSA) is 81.4 Å². The molecule has 2 rings (SSSR count). The Balaban J connectivity index is 1.67. The Bertz CT molecular complexity index is 612. The number of esters is 1. The lowest BCUT2D eigenvalue weighted by Crippen LogP contribution is -2.21. The molecule has 0 saturated carbocycles. The van der Waals surface area contributed by atoms with E-state index in [4.69, 9.17) is 9.26 Å². The molecule has 110 valence electrons. The van der Waals surface area contributed by atoms with Crippen molar-refractivity contribution in [3.63, 3.8) is 0 Å². The number of carbonyl (C=O) groups is 2. The van der Waals surface area contributed by atoms with Crippen LogP contribution >= 0.6 is 11.8 Å². The van der Waals surface area contributed by atoms with Gasteiger partial charge in [0.15, 0.2) is 12.4 Å². The molecule has 0 atom stereocenters. The van der Waals surface area contributed by atoms with Gasteiger partial charge in [-0.15, -0.1) is 11.8 Å². The number of hydrogen-bond acceptors (Lipinski definition) is 6. The molecule has 7 heteroatoms. The van der Waals surface area contributed by atoms with Gasteiger partial charge in [0.25, 0.3) is 5.91 Å². The van der Waals surface area contributed by atoms with Gasteiger partial charge in [0.2, 0.25) is 0 Å². The van der Waals surface area contributed by atoms with E-state index in [1.807, 2.05) is 30.3 Å². The predicted octanol–water partition coefficient (Wildman–Crippen LogP) is 2.26. The lowest BCUT2D eigenvalue weighted by Gasteiger charge is -2.04. The Morgan fingerprint density at radius 2 is 2.10 bits per heavy atom. The van der Waals surface area contributed by atoms with Crippen molar-refractivity contribution in [2.45, 2.75) is 11.8 Å². The quantitative estimate of drug-likeness (QED) is 0.651. The number of benzene rings is 1. The minimum atomic E-state index is -0.457. The van der Waals surface area contributed by atoms with Crippen LogP contribution in [0.15, 0.2) is 45.8 Å². The molecule has 0 aliphatic carbocycles. The fourth-order valence-electron chi connectivity index (χ4n) is 1.45. The van der Waals surface area contributed by atoms with Gasteiger partial charge in [0.05, 0.1) is 5.75 Å². The maximum Gasteiger partial charge on any atom is 0.316 e. The van der Waals surface area contributed by atoms with Crippen LogP contribution in [0.3, 0.4) is 0 Å². The lowest BCUT2D eigenvalue weighted by molar-refractivity contribution is -0.144. The lowest BCUT2D eigenvalue weighted by atomic mass is 10.4. The zero-order valence-electron chi connectivity index (χ0n) is 11.4. The number of aromatic nitrogens is 1. The number of nitrogens with zero attached hydrogens (tertiary/aromatic N) is 1. The predicted molar refractivity (Wildman–Crippen MR) is 78.0 cm³/mol. The minimum absolute atomic E-state index is 0.153. The van der Waals surface area contributed by atoms with Crippen LogP contribution in [-0.4, -0.2) is 29.4 Å². The normalized spacial score (nSPS) is 10.1. The Labute approximate surface area is 125 Å². The number of thioether (sulfide) groups is 1. The number of anilines is 1. The molecule has 1 heterocycles. The van der Waals surface area contributed by atoms with Gasteiger partial charge in [-0.05, 0) is 19.1 Å². The first-order valence-electron chi connectivity index (χ1n) is 6.20. The summed E-state index contributed by atoms with van der Waals surface area (Å²) in [5, 5.41) is 6.07. The van der Waals surface area contributed by atoms with E-state index < -0.39 is 11.9 Å². The summed E-state index contributed by atoms with van der Waals surface area (Å²) < 4.78 is 9.68. The van der Waals surface area contributed by atoms with E-state index >= 15 is 0 Å². The fraction of sp³-hybridized carbons (Fsp3) is 0.214. The molecule has 0 bridgehead atoms. The van der Waals surface area contributed by atoms with Crippen molar-refractivity contribution < 1.29 is 18.8 Å². The van der Waals surface area contributed by atoms with Crippen LogP contribution in [0.4, 0.5) is 5.82 Å². The Morgan fingerprint density at radius 3 is 2.76 bits per heavy atom. The number of hydrogen-bond donors (Lipinski definition) is 1. The maximum absolute atomic E-state index is 11.5. The standard InChI is InChI=1S/C14H14N2O4S/c1-10-7-12(16-20-10)15-13(17)8-19-14(18)9-21-11-5-3-2-4-6-11/h2-7H,8-9H2,1H3,(H,15,16,17). The highest BCUT2D eigenvalue weighted by atomic mass is 32.2. The van der Waals surface area contributed by atoms with Crippen LogP contribution in [0.25, 0.3) is 0 Å². The number of aryl methyl sites for hydroxylation is 1. The molecular weight excluding hydrogens is 292 g/mol. The number of carbonyl (C=O) groups excluding carboxylic acids is 2. The summed E-state index contributed by atoms with van der Waals surface area (Å²) in [6, 6.07) is 11.1. The number of amides is 1. The van der Waals surface area contributed by atoms with Gasteiger partial charge in [0, 0.05) is 11.0 Å². The van der Waals surface area contributed by atoms with Crippen molar-refractivity contribution in [3.05, 3.63) is 42.2 Å². The molecule has 0 aliphatic heterocycles. The van der Waals surface area contributed by atoms with E-state index in [0.717, 1.165) is 4.90 Å². The molecule has 0 unspecified atom stereocenters. The third kappa shape index (κ3) is 5.31. The van der Waals surface area contributed by atoms with Crippen molar-refractivity contribution >= 4 is 29.5 Å². The van der Waals surface area contributed by atoms with E-state index in [9.17, 15) is 9.59 Å². The van der Waals surface area contributed by atoms with Crippen LogP contribution in [0.5, 0.6) is 0 Å². The van der Waals surface area contributed by atoms with Crippen LogP contribution in [0.1, 0.15) is 5.76 Å². The highest BCUT2D eigenvalue weighted by molar-refractivity contribution is 8.00. The molecule has 21 heavy (non-hydrogen) atoms. The van der Waals surface area contributed by atoms with Crippen molar-refractivity contribution in [2.75, 3.05) is 17.7 Å². The highest BCUT2D eigenvalue weighted by Gasteiger charge is 2.10. The first kappa shape index (κ1) is 15.1. The SMILES string of the molecule is Cc1cc(NC(=O)COC(=O)CSc2ccccc2)no1. The van der Waals surface area contributed by atoms with Crippen LogP contribution in [0, 0.1) is 6.92 Å². The molecule has 0 saturated heterocycles. The molecule has 6 nitrogen and oxygen atoms in total. The maximum atomic E-state index is 11.5. The highest BCUT2D eigenvalue weighted by Crippen LogP contribution is 2.16. The molecule has 0 spiro atoms. The Kier molecular flexibility index (Phi) is 5.39. The molecule has 2 aromatic rings. The number of ether oxygens (including phenoxy) is 1. The second-order valence-corrected chi connectivity index (χ2v) is 5.18. The zero-order chi connectivity index (χ0) is 15.1. The third-order valence-electron chi connectivity index (χ3n) is 2.36. The molecule has 0 fully saturated rings. The van der Waals surface area contributed by atoms with E-state index in [0.29, 0.717) is 11.6 Å². The average molecular weight is 306 g/mol. The van der Waals surface area contributed by atoms with Crippen LogP contribution in [0.2, 0.25) is 0 Å². The summed E-state index contributed by atoms with van der Waals surface area (Å²) in [4.78, 5) is 24.0. The first-order chi connectivity index (χ1) is 10.1. The van der Waals surface area contributed by atoms with Gasteiger partial charge in [-0.1, -0.05) is 23.4 Å². The van der Waals surface area contributed by atoms with E-state index in [2.05, 4.69) is 10.5 Å². The molecule has 0 aliphatic rings. The van der Waals surface area contributed by atoms with Crippen molar-refractivity contribution in [2.24, 2.45) is 0 Å². The fourth-order valence-corrected chi connectivity index (χ4v) is 2.17. The van der Waals surface area contributed by atoms with Crippen molar-refractivity contribution in [3.8, 4) is 0 Å². The average Bonchev–Trinajstić information content (AvgIpc) is 2.89. The molecule has 1 N–H and O–H groups in total. The van der Waals surface area contributed by atoms with Gasteiger partial charge < -0.3 is 14.6 Å². The van der Waals surface area contributed by atoms with Gasteiger partial charge in [-0.3, -0.25) is 9.59 Å². The molecule has 0 radical (unpaired) electrons. The molecular formula is C14H14N2O4S. The Morgan fingerprint density at radius 1 is 1.33 bits per heavy atom. The number of nitrogens with one attached hydrogen (secondary N) is 1. The summed E-state index contributed by atoms with van der Waals surface area (Å²) in [6.45, 7) is 1.36. The molecule has 1 aromatic heterocycles. The summed E-state index contributed by atoms with van der Waals surface area (Å²) in [7, 11) is 0.